The Balaban J connectivity index is 2.55. The fraction of sp³-hybridized carbons (Fsp3) is 0.176. The van der Waals surface area contributed by atoms with Crippen LogP contribution < -0.4 is 4.31 Å². The smallest absolute Gasteiger partial charge is 0.326 e. The molecule has 0 spiro atoms. The summed E-state index contributed by atoms with van der Waals surface area (Å²) in [5, 5.41) is 0. The maximum atomic E-state index is 12.9. The van der Waals surface area contributed by atoms with E-state index in [1.165, 1.54) is 24.3 Å². The number of carbonyl (C=O) groups is 2. The summed E-state index contributed by atoms with van der Waals surface area (Å²) in [5.41, 5.74) is 0.297. The van der Waals surface area contributed by atoms with Crippen molar-refractivity contribution in [3.63, 3.8) is 0 Å². The van der Waals surface area contributed by atoms with E-state index in [1.54, 1.807) is 37.3 Å². The van der Waals surface area contributed by atoms with Crippen molar-refractivity contribution in [3.8, 4) is 0 Å². The quantitative estimate of drug-likeness (QED) is 0.567. The average Bonchev–Trinajstić information content (AvgIpc) is 2.60. The number of hydrogen-bond donors (Lipinski definition) is 0. The van der Waals surface area contributed by atoms with Crippen molar-refractivity contribution >= 4 is 28.0 Å². The predicted octanol–water partition coefficient (Wildman–Crippen LogP) is 2.26. The van der Waals surface area contributed by atoms with Gasteiger partial charge in [-0.05, 0) is 31.2 Å². The van der Waals surface area contributed by atoms with Crippen LogP contribution in [0.1, 0.15) is 17.3 Å². The first kappa shape index (κ1) is 17.7. The molecule has 2 aromatic rings. The third kappa shape index (κ3) is 3.80. The predicted molar refractivity (Wildman–Crippen MR) is 89.4 cm³/mol. The zero-order valence-electron chi connectivity index (χ0n) is 13.1. The number of para-hydroxylation sites is 1. The molecule has 126 valence electrons. The molecule has 0 radical (unpaired) electrons. The molecule has 0 unspecified atom stereocenters. The van der Waals surface area contributed by atoms with E-state index in [-0.39, 0.29) is 22.8 Å². The van der Waals surface area contributed by atoms with Gasteiger partial charge >= 0.3 is 5.97 Å². The Morgan fingerprint density at radius 1 is 1.08 bits per heavy atom. The molecule has 0 heterocycles. The van der Waals surface area contributed by atoms with E-state index in [0.717, 1.165) is 4.31 Å². The summed E-state index contributed by atoms with van der Waals surface area (Å²) in [6.45, 7) is 1.25. The fourth-order valence-electron chi connectivity index (χ4n) is 2.16. The van der Waals surface area contributed by atoms with Crippen LogP contribution in [0.25, 0.3) is 0 Å². The van der Waals surface area contributed by atoms with Gasteiger partial charge < -0.3 is 4.74 Å². The van der Waals surface area contributed by atoms with Gasteiger partial charge in [0, 0.05) is 5.56 Å². The van der Waals surface area contributed by atoms with E-state index in [1.807, 2.05) is 0 Å². The first-order valence-corrected chi connectivity index (χ1v) is 8.72. The van der Waals surface area contributed by atoms with Crippen LogP contribution in [0.15, 0.2) is 59.5 Å². The number of aldehydes is 1. The van der Waals surface area contributed by atoms with Gasteiger partial charge in [0.25, 0.3) is 10.0 Å². The first-order chi connectivity index (χ1) is 11.5. The maximum Gasteiger partial charge on any atom is 0.326 e. The molecule has 2 rings (SSSR count). The largest absolute Gasteiger partial charge is 0.465 e. The summed E-state index contributed by atoms with van der Waals surface area (Å²) in [7, 11) is -4.03. The van der Waals surface area contributed by atoms with Gasteiger partial charge in [-0.15, -0.1) is 0 Å². The number of ether oxygens (including phenoxy) is 1. The van der Waals surface area contributed by atoms with E-state index in [9.17, 15) is 18.0 Å². The molecule has 0 bridgehead atoms. The van der Waals surface area contributed by atoms with Crippen LogP contribution in [0.4, 0.5) is 5.69 Å². The standard InChI is InChI=1S/C17H17NO5S/c1-2-23-17(20)12-18(16-11-7-6-8-14(16)13-19)24(21,22)15-9-4-3-5-10-15/h3-11,13H,2,12H2,1H3. The Morgan fingerprint density at radius 2 is 1.71 bits per heavy atom. The summed E-state index contributed by atoms with van der Waals surface area (Å²) in [4.78, 5) is 23.2. The third-order valence-electron chi connectivity index (χ3n) is 3.24. The highest BCUT2D eigenvalue weighted by Gasteiger charge is 2.29. The Morgan fingerprint density at radius 3 is 2.33 bits per heavy atom. The second kappa shape index (κ2) is 7.74. The van der Waals surface area contributed by atoms with Crippen LogP contribution in [0.2, 0.25) is 0 Å². The lowest BCUT2D eigenvalue weighted by Crippen LogP contribution is -2.37. The Hall–Kier alpha value is -2.67. The van der Waals surface area contributed by atoms with E-state index in [0.29, 0.717) is 6.29 Å². The molecule has 0 saturated heterocycles. The second-order valence-corrected chi connectivity index (χ2v) is 6.67. The fourth-order valence-corrected chi connectivity index (χ4v) is 3.61. The zero-order chi connectivity index (χ0) is 17.6. The van der Waals surface area contributed by atoms with Crippen molar-refractivity contribution in [1.29, 1.82) is 0 Å². The SMILES string of the molecule is CCOC(=O)CN(c1ccccc1C=O)S(=O)(=O)c1ccccc1. The van der Waals surface area contributed by atoms with Gasteiger partial charge in [-0.1, -0.05) is 30.3 Å². The van der Waals surface area contributed by atoms with Crippen molar-refractivity contribution in [1.82, 2.24) is 0 Å². The number of nitrogens with zero attached hydrogens (tertiary/aromatic N) is 1. The minimum atomic E-state index is -4.03. The third-order valence-corrected chi connectivity index (χ3v) is 5.02. The highest BCUT2D eigenvalue weighted by Crippen LogP contribution is 2.26. The van der Waals surface area contributed by atoms with Crippen LogP contribution in [0, 0.1) is 0 Å². The maximum absolute atomic E-state index is 12.9. The molecular formula is C17H17NO5S. The van der Waals surface area contributed by atoms with Crippen molar-refractivity contribution in [2.45, 2.75) is 11.8 Å². The minimum Gasteiger partial charge on any atom is -0.465 e. The molecule has 0 aliphatic heterocycles. The summed E-state index contributed by atoms with van der Waals surface area (Å²) in [6.07, 6.45) is 0.550. The molecule has 0 atom stereocenters. The van der Waals surface area contributed by atoms with Crippen molar-refractivity contribution < 1.29 is 22.7 Å². The highest BCUT2D eigenvalue weighted by molar-refractivity contribution is 7.92. The lowest BCUT2D eigenvalue weighted by molar-refractivity contribution is -0.141. The molecule has 24 heavy (non-hydrogen) atoms. The van der Waals surface area contributed by atoms with Gasteiger partial charge in [0.2, 0.25) is 0 Å². The molecule has 7 heteroatoms. The van der Waals surface area contributed by atoms with E-state index in [4.69, 9.17) is 4.74 Å². The molecule has 0 amide bonds. The number of rotatable bonds is 7. The molecule has 2 aromatic carbocycles. The number of hydrogen-bond acceptors (Lipinski definition) is 5. The van der Waals surface area contributed by atoms with Gasteiger partial charge in [-0.3, -0.25) is 13.9 Å². The number of anilines is 1. The van der Waals surface area contributed by atoms with Gasteiger partial charge in [0.1, 0.15) is 6.54 Å². The summed E-state index contributed by atoms with van der Waals surface area (Å²) in [5.74, 6) is -0.697. The lowest BCUT2D eigenvalue weighted by atomic mass is 10.2. The number of benzene rings is 2. The average molecular weight is 347 g/mol. The number of sulfonamides is 1. The van der Waals surface area contributed by atoms with E-state index >= 15 is 0 Å². The summed E-state index contributed by atoms with van der Waals surface area (Å²) >= 11 is 0. The van der Waals surface area contributed by atoms with Crippen LogP contribution in [-0.4, -0.2) is 33.8 Å². The minimum absolute atomic E-state index is 0.0231. The van der Waals surface area contributed by atoms with Crippen LogP contribution in [-0.2, 0) is 19.6 Å². The first-order valence-electron chi connectivity index (χ1n) is 7.28. The molecule has 0 saturated carbocycles. The van der Waals surface area contributed by atoms with Gasteiger partial charge in [0.15, 0.2) is 6.29 Å². The molecule has 0 fully saturated rings. The Bertz CT molecular complexity index is 818. The highest BCUT2D eigenvalue weighted by atomic mass is 32.2. The molecule has 0 aliphatic rings. The molecule has 6 nitrogen and oxygen atoms in total. The normalized spacial score (nSPS) is 10.9. The van der Waals surface area contributed by atoms with Crippen LogP contribution in [0.5, 0.6) is 0 Å². The van der Waals surface area contributed by atoms with Crippen LogP contribution >= 0.6 is 0 Å². The van der Waals surface area contributed by atoms with Crippen molar-refractivity contribution in [2.24, 2.45) is 0 Å². The summed E-state index contributed by atoms with van der Waals surface area (Å²) in [6, 6.07) is 13.9. The molecule has 0 N–H and O–H groups in total. The van der Waals surface area contributed by atoms with Crippen molar-refractivity contribution in [3.05, 3.63) is 60.2 Å². The topological polar surface area (TPSA) is 80.8 Å². The Kier molecular flexibility index (Phi) is 5.70. The molecular weight excluding hydrogens is 330 g/mol. The van der Waals surface area contributed by atoms with E-state index in [2.05, 4.69) is 0 Å². The van der Waals surface area contributed by atoms with Gasteiger partial charge in [0.05, 0.1) is 17.2 Å². The second-order valence-electron chi connectivity index (χ2n) is 4.81. The van der Waals surface area contributed by atoms with Gasteiger partial charge in [-0.2, -0.15) is 0 Å². The van der Waals surface area contributed by atoms with Crippen LogP contribution in [0.3, 0.4) is 0 Å². The number of esters is 1. The van der Waals surface area contributed by atoms with E-state index < -0.39 is 22.5 Å². The summed E-state index contributed by atoms with van der Waals surface area (Å²) < 4.78 is 31.6. The zero-order valence-corrected chi connectivity index (χ0v) is 13.9. The monoisotopic (exact) mass is 347 g/mol. The van der Waals surface area contributed by atoms with Crippen molar-refractivity contribution in [2.75, 3.05) is 17.5 Å². The Labute approximate surface area is 140 Å². The number of carbonyl (C=O) groups excluding carboxylic acids is 2. The molecule has 0 aromatic heterocycles. The van der Waals surface area contributed by atoms with Gasteiger partial charge in [-0.25, -0.2) is 8.42 Å². The lowest BCUT2D eigenvalue weighted by Gasteiger charge is -2.24. The molecule has 0 aliphatic carbocycles.